The molecule has 60 valence electrons. The van der Waals surface area contributed by atoms with Crippen molar-refractivity contribution >= 4 is 0 Å². The van der Waals surface area contributed by atoms with Gasteiger partial charge in [-0.15, -0.1) is 0 Å². The molecule has 0 radical (unpaired) electrons. The average molecular weight is 143 g/mol. The quantitative estimate of drug-likeness (QED) is 0.637. The van der Waals surface area contributed by atoms with Gasteiger partial charge in [0, 0.05) is 19.7 Å². The van der Waals surface area contributed by atoms with Crippen molar-refractivity contribution in [3.63, 3.8) is 0 Å². The third kappa shape index (κ3) is 1.96. The van der Waals surface area contributed by atoms with E-state index in [1.807, 2.05) is 0 Å². The molecular formula is C8H17NO. The van der Waals surface area contributed by atoms with Crippen LogP contribution in [-0.4, -0.2) is 25.3 Å². The molecule has 0 aliphatic heterocycles. The van der Waals surface area contributed by atoms with Gasteiger partial charge in [-0.05, 0) is 12.8 Å². The molecule has 0 atom stereocenters. The van der Waals surface area contributed by atoms with E-state index in [0.29, 0.717) is 6.04 Å². The van der Waals surface area contributed by atoms with Crippen LogP contribution in [0, 0.1) is 0 Å². The van der Waals surface area contributed by atoms with Gasteiger partial charge in [-0.25, -0.2) is 0 Å². The van der Waals surface area contributed by atoms with Crippen LogP contribution in [0.15, 0.2) is 0 Å². The molecule has 1 fully saturated rings. The smallest absolute Gasteiger partial charge is 0.0804 e. The minimum atomic E-state index is 0.213. The third-order valence-electron chi connectivity index (χ3n) is 2.07. The summed E-state index contributed by atoms with van der Waals surface area (Å²) in [4.78, 5) is 0. The maximum Gasteiger partial charge on any atom is 0.0804 e. The zero-order chi connectivity index (χ0) is 7.61. The lowest BCUT2D eigenvalue weighted by Crippen LogP contribution is -2.34. The van der Waals surface area contributed by atoms with Crippen molar-refractivity contribution in [3.8, 4) is 0 Å². The summed E-state index contributed by atoms with van der Waals surface area (Å²) in [6, 6.07) is 0.577. The first kappa shape index (κ1) is 8.02. The molecule has 0 spiro atoms. The fraction of sp³-hybridized carbons (Fsp3) is 1.00. The number of ether oxygens (including phenoxy) is 1. The predicted molar refractivity (Wildman–Crippen MR) is 42.1 cm³/mol. The van der Waals surface area contributed by atoms with Crippen LogP contribution in [-0.2, 0) is 4.74 Å². The summed E-state index contributed by atoms with van der Waals surface area (Å²) >= 11 is 0. The third-order valence-corrected chi connectivity index (χ3v) is 2.07. The molecule has 0 saturated heterocycles. The lowest BCUT2D eigenvalue weighted by atomic mass is 10.3. The first-order valence-corrected chi connectivity index (χ1v) is 3.97. The molecule has 0 amide bonds. The van der Waals surface area contributed by atoms with Crippen LogP contribution >= 0.6 is 0 Å². The normalized spacial score (nSPS) is 21.6. The Bertz CT molecular complexity index is 108. The minimum Gasteiger partial charge on any atom is -0.377 e. The SMILES string of the molecule is COC1(CNC(C)C)CC1. The Morgan fingerprint density at radius 2 is 2.10 bits per heavy atom. The van der Waals surface area contributed by atoms with E-state index in [1.165, 1.54) is 12.8 Å². The molecule has 1 N–H and O–H groups in total. The van der Waals surface area contributed by atoms with Gasteiger partial charge < -0.3 is 10.1 Å². The van der Waals surface area contributed by atoms with Crippen LogP contribution in [0.25, 0.3) is 0 Å². The molecule has 0 heterocycles. The second-order valence-corrected chi connectivity index (χ2v) is 3.42. The minimum absolute atomic E-state index is 0.213. The largest absolute Gasteiger partial charge is 0.377 e. The Balaban J connectivity index is 2.13. The zero-order valence-corrected chi connectivity index (χ0v) is 7.11. The first-order chi connectivity index (χ1) is 4.68. The van der Waals surface area contributed by atoms with Gasteiger partial charge in [0.25, 0.3) is 0 Å². The molecular weight excluding hydrogens is 126 g/mol. The average Bonchev–Trinajstić information content (AvgIpc) is 2.64. The van der Waals surface area contributed by atoms with Crippen LogP contribution in [0.2, 0.25) is 0 Å². The Morgan fingerprint density at radius 3 is 2.40 bits per heavy atom. The molecule has 0 bridgehead atoms. The van der Waals surface area contributed by atoms with E-state index in [9.17, 15) is 0 Å². The van der Waals surface area contributed by atoms with Crippen LogP contribution in [0.3, 0.4) is 0 Å². The van der Waals surface area contributed by atoms with Gasteiger partial charge in [-0.3, -0.25) is 0 Å². The van der Waals surface area contributed by atoms with Gasteiger partial charge in [0.1, 0.15) is 0 Å². The first-order valence-electron chi connectivity index (χ1n) is 3.97. The number of rotatable bonds is 4. The summed E-state index contributed by atoms with van der Waals surface area (Å²) in [6.45, 7) is 5.33. The molecule has 1 aliphatic rings. The lowest BCUT2D eigenvalue weighted by molar-refractivity contribution is 0.0781. The Labute approximate surface area is 63.0 Å². The molecule has 0 unspecified atom stereocenters. The van der Waals surface area contributed by atoms with E-state index in [-0.39, 0.29) is 5.60 Å². The van der Waals surface area contributed by atoms with Crippen molar-refractivity contribution in [2.24, 2.45) is 0 Å². The highest BCUT2D eigenvalue weighted by Gasteiger charge is 2.42. The standard InChI is InChI=1S/C8H17NO/c1-7(2)9-6-8(10-3)4-5-8/h7,9H,4-6H2,1-3H3. The van der Waals surface area contributed by atoms with Crippen molar-refractivity contribution in [2.45, 2.75) is 38.3 Å². The van der Waals surface area contributed by atoms with Crippen LogP contribution < -0.4 is 5.32 Å². The number of hydrogen-bond donors (Lipinski definition) is 1. The van der Waals surface area contributed by atoms with Crippen LogP contribution in [0.1, 0.15) is 26.7 Å². The summed E-state index contributed by atoms with van der Waals surface area (Å²) < 4.78 is 5.34. The van der Waals surface area contributed by atoms with E-state index in [0.717, 1.165) is 6.54 Å². The van der Waals surface area contributed by atoms with Gasteiger partial charge in [-0.1, -0.05) is 13.8 Å². The van der Waals surface area contributed by atoms with Crippen molar-refractivity contribution in [2.75, 3.05) is 13.7 Å². The molecule has 2 nitrogen and oxygen atoms in total. The molecule has 2 heteroatoms. The van der Waals surface area contributed by atoms with Crippen LogP contribution in [0.5, 0.6) is 0 Å². The predicted octanol–water partition coefficient (Wildman–Crippen LogP) is 1.16. The highest BCUT2D eigenvalue weighted by molar-refractivity contribution is 4.97. The number of nitrogens with one attached hydrogen (secondary N) is 1. The van der Waals surface area contributed by atoms with Gasteiger partial charge in [0.05, 0.1) is 5.60 Å². The molecule has 1 aliphatic carbocycles. The highest BCUT2D eigenvalue weighted by Crippen LogP contribution is 2.37. The second-order valence-electron chi connectivity index (χ2n) is 3.42. The number of hydrogen-bond acceptors (Lipinski definition) is 2. The van der Waals surface area contributed by atoms with Crippen molar-refractivity contribution < 1.29 is 4.74 Å². The molecule has 10 heavy (non-hydrogen) atoms. The molecule has 0 aromatic rings. The van der Waals surface area contributed by atoms with E-state index in [4.69, 9.17) is 4.74 Å². The summed E-state index contributed by atoms with van der Waals surface area (Å²) in [5.41, 5.74) is 0.213. The summed E-state index contributed by atoms with van der Waals surface area (Å²) in [5.74, 6) is 0. The van der Waals surface area contributed by atoms with Crippen LogP contribution in [0.4, 0.5) is 0 Å². The van der Waals surface area contributed by atoms with E-state index in [1.54, 1.807) is 7.11 Å². The Morgan fingerprint density at radius 1 is 1.50 bits per heavy atom. The maximum absolute atomic E-state index is 5.34. The van der Waals surface area contributed by atoms with Gasteiger partial charge in [-0.2, -0.15) is 0 Å². The topological polar surface area (TPSA) is 21.3 Å². The van der Waals surface area contributed by atoms with E-state index in [2.05, 4.69) is 19.2 Å². The zero-order valence-electron chi connectivity index (χ0n) is 7.11. The molecule has 1 rings (SSSR count). The summed E-state index contributed by atoms with van der Waals surface area (Å²) in [6.07, 6.45) is 2.45. The second kappa shape index (κ2) is 2.89. The maximum atomic E-state index is 5.34. The number of methoxy groups -OCH3 is 1. The fourth-order valence-corrected chi connectivity index (χ4v) is 0.983. The van der Waals surface area contributed by atoms with E-state index >= 15 is 0 Å². The van der Waals surface area contributed by atoms with Gasteiger partial charge in [0.2, 0.25) is 0 Å². The van der Waals surface area contributed by atoms with Crippen molar-refractivity contribution in [1.29, 1.82) is 0 Å². The highest BCUT2D eigenvalue weighted by atomic mass is 16.5. The van der Waals surface area contributed by atoms with E-state index < -0.39 is 0 Å². The fourth-order valence-electron chi connectivity index (χ4n) is 0.983. The summed E-state index contributed by atoms with van der Waals surface area (Å²) in [5, 5.41) is 3.37. The van der Waals surface area contributed by atoms with Gasteiger partial charge >= 0.3 is 0 Å². The van der Waals surface area contributed by atoms with Crippen molar-refractivity contribution in [3.05, 3.63) is 0 Å². The van der Waals surface area contributed by atoms with Crippen molar-refractivity contribution in [1.82, 2.24) is 5.32 Å². The molecule has 1 saturated carbocycles. The Kier molecular flexibility index (Phi) is 2.32. The lowest BCUT2D eigenvalue weighted by Gasteiger charge is -2.15. The van der Waals surface area contributed by atoms with Gasteiger partial charge in [0.15, 0.2) is 0 Å². The monoisotopic (exact) mass is 143 g/mol. The summed E-state index contributed by atoms with van der Waals surface area (Å²) in [7, 11) is 1.80. The molecule has 0 aromatic carbocycles. The molecule has 0 aromatic heterocycles. The Hall–Kier alpha value is -0.0800.